The van der Waals surface area contributed by atoms with Crippen molar-refractivity contribution in [1.82, 2.24) is 5.32 Å². The number of ether oxygens (including phenoxy) is 1. The zero-order valence-corrected chi connectivity index (χ0v) is 17.2. The highest BCUT2D eigenvalue weighted by molar-refractivity contribution is 5.81. The van der Waals surface area contributed by atoms with Crippen LogP contribution in [0.1, 0.15) is 62.0 Å². The number of amides is 1. The fraction of sp³-hybridized carbons (Fsp3) is 0.440. The number of aliphatic carboxylic acids is 1. The molecular formula is C25H29NO4. The molecule has 5 nitrogen and oxygen atoms in total. The van der Waals surface area contributed by atoms with Gasteiger partial charge >= 0.3 is 12.1 Å². The lowest BCUT2D eigenvalue weighted by atomic mass is 9.85. The van der Waals surface area contributed by atoms with Crippen LogP contribution in [0.4, 0.5) is 4.79 Å². The van der Waals surface area contributed by atoms with E-state index in [2.05, 4.69) is 29.6 Å². The Bertz CT molecular complexity index is 858. The molecule has 0 bridgehead atoms. The Morgan fingerprint density at radius 2 is 1.57 bits per heavy atom. The smallest absolute Gasteiger partial charge is 0.407 e. The summed E-state index contributed by atoms with van der Waals surface area (Å²) in [6, 6.07) is 15.4. The van der Waals surface area contributed by atoms with Crippen LogP contribution in [0.15, 0.2) is 48.5 Å². The van der Waals surface area contributed by atoms with E-state index in [0.717, 1.165) is 41.5 Å². The summed E-state index contributed by atoms with van der Waals surface area (Å²) >= 11 is 0. The van der Waals surface area contributed by atoms with Crippen molar-refractivity contribution in [3.63, 3.8) is 0 Å². The van der Waals surface area contributed by atoms with Crippen molar-refractivity contribution in [3.8, 4) is 11.1 Å². The molecule has 1 amide bonds. The van der Waals surface area contributed by atoms with Gasteiger partial charge < -0.3 is 15.2 Å². The van der Waals surface area contributed by atoms with Crippen LogP contribution in [0.5, 0.6) is 0 Å². The van der Waals surface area contributed by atoms with Crippen LogP contribution >= 0.6 is 0 Å². The maximum Gasteiger partial charge on any atom is 0.407 e. The maximum atomic E-state index is 12.4. The van der Waals surface area contributed by atoms with Gasteiger partial charge in [0.2, 0.25) is 0 Å². The van der Waals surface area contributed by atoms with Gasteiger partial charge in [0.15, 0.2) is 0 Å². The molecule has 2 aromatic carbocycles. The van der Waals surface area contributed by atoms with Gasteiger partial charge in [0.25, 0.3) is 0 Å². The van der Waals surface area contributed by atoms with E-state index in [4.69, 9.17) is 4.74 Å². The Hall–Kier alpha value is -2.82. The zero-order valence-electron chi connectivity index (χ0n) is 17.2. The molecule has 5 heteroatoms. The number of hydrogen-bond acceptors (Lipinski definition) is 3. The highest BCUT2D eigenvalue weighted by Crippen LogP contribution is 2.44. The molecule has 1 fully saturated rings. The Morgan fingerprint density at radius 1 is 0.967 bits per heavy atom. The SMILES string of the molecule is O=C(N[C@H](CCC1CCCCC1)C(=O)O)OCC1c2ccccc2-c2ccccc21. The first kappa shape index (κ1) is 20.5. The monoisotopic (exact) mass is 407 g/mol. The van der Waals surface area contributed by atoms with Crippen molar-refractivity contribution in [2.75, 3.05) is 6.61 Å². The summed E-state index contributed by atoms with van der Waals surface area (Å²) in [6.45, 7) is 0.189. The van der Waals surface area contributed by atoms with Crippen LogP contribution < -0.4 is 5.32 Å². The van der Waals surface area contributed by atoms with Crippen molar-refractivity contribution in [1.29, 1.82) is 0 Å². The fourth-order valence-electron chi connectivity index (χ4n) is 4.92. The van der Waals surface area contributed by atoms with Crippen molar-refractivity contribution in [3.05, 3.63) is 59.7 Å². The molecule has 2 N–H and O–H groups in total. The summed E-state index contributed by atoms with van der Waals surface area (Å²) in [7, 11) is 0. The number of rotatable bonds is 7. The molecule has 2 aliphatic carbocycles. The highest BCUT2D eigenvalue weighted by atomic mass is 16.5. The van der Waals surface area contributed by atoms with Gasteiger partial charge in [-0.1, -0.05) is 80.6 Å². The zero-order chi connectivity index (χ0) is 20.9. The molecule has 0 unspecified atom stereocenters. The minimum atomic E-state index is -1.00. The number of fused-ring (bicyclic) bond motifs is 3. The predicted molar refractivity (Wildman–Crippen MR) is 115 cm³/mol. The summed E-state index contributed by atoms with van der Waals surface area (Å²) in [4.78, 5) is 24.0. The number of hydrogen-bond donors (Lipinski definition) is 2. The lowest BCUT2D eigenvalue weighted by molar-refractivity contribution is -0.139. The molecule has 0 aromatic heterocycles. The average Bonchev–Trinajstić information content (AvgIpc) is 3.09. The third-order valence-corrected chi connectivity index (χ3v) is 6.52. The molecule has 0 aliphatic heterocycles. The van der Waals surface area contributed by atoms with E-state index in [9.17, 15) is 14.7 Å². The minimum absolute atomic E-state index is 0.0336. The Labute approximate surface area is 177 Å². The summed E-state index contributed by atoms with van der Waals surface area (Å²) < 4.78 is 5.50. The molecule has 30 heavy (non-hydrogen) atoms. The molecular weight excluding hydrogens is 378 g/mol. The van der Waals surface area contributed by atoms with Gasteiger partial charge in [0.05, 0.1) is 0 Å². The number of carboxylic acids is 1. The van der Waals surface area contributed by atoms with Crippen LogP contribution in [0.25, 0.3) is 11.1 Å². The molecule has 158 valence electrons. The highest BCUT2D eigenvalue weighted by Gasteiger charge is 2.30. The van der Waals surface area contributed by atoms with Crippen molar-refractivity contribution in [2.45, 2.75) is 56.9 Å². The first-order chi connectivity index (χ1) is 14.6. The van der Waals surface area contributed by atoms with Crippen LogP contribution in [-0.4, -0.2) is 29.8 Å². The molecule has 0 radical (unpaired) electrons. The second-order valence-electron chi connectivity index (χ2n) is 8.44. The molecule has 2 aliphatic rings. The van der Waals surface area contributed by atoms with Gasteiger partial charge in [-0.15, -0.1) is 0 Å². The van der Waals surface area contributed by atoms with E-state index in [1.165, 1.54) is 19.3 Å². The normalized spacial score (nSPS) is 17.1. The van der Waals surface area contributed by atoms with Crippen molar-refractivity contribution < 1.29 is 19.4 Å². The van der Waals surface area contributed by atoms with Crippen LogP contribution in [0, 0.1) is 5.92 Å². The molecule has 1 atom stereocenters. The van der Waals surface area contributed by atoms with Gasteiger partial charge in [-0.2, -0.15) is 0 Å². The quantitative estimate of drug-likeness (QED) is 0.650. The molecule has 0 spiro atoms. The van der Waals surface area contributed by atoms with E-state index in [1.807, 2.05) is 24.3 Å². The lowest BCUT2D eigenvalue weighted by Crippen LogP contribution is -2.41. The first-order valence-electron chi connectivity index (χ1n) is 11.0. The second kappa shape index (κ2) is 9.33. The summed E-state index contributed by atoms with van der Waals surface area (Å²) in [5, 5.41) is 12.1. The van der Waals surface area contributed by atoms with E-state index in [-0.39, 0.29) is 12.5 Å². The number of carboxylic acid groups (broad SMARTS) is 1. The third-order valence-electron chi connectivity index (χ3n) is 6.52. The molecule has 2 aromatic rings. The third kappa shape index (κ3) is 4.50. The standard InChI is InChI=1S/C25H29NO4/c27-24(28)23(15-14-17-8-2-1-3-9-17)26-25(29)30-16-22-20-12-6-4-10-18(20)19-11-5-7-13-21(19)22/h4-7,10-13,17,22-23H,1-3,8-9,14-16H2,(H,26,29)(H,27,28)/t23-/m1/s1. The topological polar surface area (TPSA) is 75.6 Å². The first-order valence-corrected chi connectivity index (χ1v) is 11.0. The van der Waals surface area contributed by atoms with Gasteiger partial charge in [-0.25, -0.2) is 9.59 Å². The molecule has 0 saturated heterocycles. The predicted octanol–water partition coefficient (Wildman–Crippen LogP) is 5.34. The summed E-state index contributed by atoms with van der Waals surface area (Å²) in [6.07, 6.45) is 6.67. The number of nitrogens with one attached hydrogen (secondary N) is 1. The Balaban J connectivity index is 1.35. The van der Waals surface area contributed by atoms with E-state index < -0.39 is 18.1 Å². The Kier molecular flexibility index (Phi) is 6.36. The van der Waals surface area contributed by atoms with Crippen LogP contribution in [0.3, 0.4) is 0 Å². The summed E-state index contributed by atoms with van der Waals surface area (Å²) in [5.41, 5.74) is 4.60. The maximum absolute atomic E-state index is 12.4. The minimum Gasteiger partial charge on any atom is -0.480 e. The van der Waals surface area contributed by atoms with Crippen molar-refractivity contribution in [2.24, 2.45) is 5.92 Å². The van der Waals surface area contributed by atoms with E-state index in [0.29, 0.717) is 12.3 Å². The number of benzene rings is 2. The second-order valence-corrected chi connectivity index (χ2v) is 8.44. The Morgan fingerprint density at radius 3 is 2.17 bits per heavy atom. The van der Waals surface area contributed by atoms with Crippen molar-refractivity contribution >= 4 is 12.1 Å². The average molecular weight is 408 g/mol. The van der Waals surface area contributed by atoms with Gasteiger partial charge in [-0.3, -0.25) is 0 Å². The van der Waals surface area contributed by atoms with E-state index >= 15 is 0 Å². The van der Waals surface area contributed by atoms with Crippen LogP contribution in [0.2, 0.25) is 0 Å². The number of carbonyl (C=O) groups excluding carboxylic acids is 1. The van der Waals surface area contributed by atoms with Gasteiger partial charge in [0, 0.05) is 5.92 Å². The number of carbonyl (C=O) groups is 2. The number of alkyl carbamates (subject to hydrolysis) is 1. The fourth-order valence-corrected chi connectivity index (χ4v) is 4.92. The van der Waals surface area contributed by atoms with Gasteiger partial charge in [0.1, 0.15) is 12.6 Å². The molecule has 4 rings (SSSR count). The van der Waals surface area contributed by atoms with Gasteiger partial charge in [-0.05, 0) is 41.0 Å². The largest absolute Gasteiger partial charge is 0.480 e. The molecule has 1 saturated carbocycles. The summed E-state index contributed by atoms with van der Waals surface area (Å²) in [5.74, 6) is -0.460. The van der Waals surface area contributed by atoms with E-state index in [1.54, 1.807) is 0 Å². The lowest BCUT2D eigenvalue weighted by Gasteiger charge is -2.23. The molecule has 0 heterocycles. The van der Waals surface area contributed by atoms with Crippen LogP contribution in [-0.2, 0) is 9.53 Å².